The number of hydrogen-bond donors (Lipinski definition) is 0. The third-order valence-corrected chi connectivity index (χ3v) is 9.15. The second kappa shape index (κ2) is 13.2. The van der Waals surface area contributed by atoms with Gasteiger partial charge in [0, 0.05) is 32.1 Å². The average molecular weight is 862 g/mol. The molecule has 0 radical (unpaired) electrons. The first-order valence-electron chi connectivity index (χ1n) is 8.39. The number of halogens is 8. The van der Waals surface area contributed by atoms with Gasteiger partial charge in [0.2, 0.25) is 5.43 Å². The molecule has 4 rings (SSSR count). The summed E-state index contributed by atoms with van der Waals surface area (Å²) in [4.78, 5) is 24.7. The van der Waals surface area contributed by atoms with Crippen LogP contribution in [0, 0.1) is 0 Å². The molecule has 0 N–H and O–H groups in total. The summed E-state index contributed by atoms with van der Waals surface area (Å²) in [5, 5.41) is 23.9. The predicted octanol–water partition coefficient (Wildman–Crippen LogP) is 1.67. The monoisotopic (exact) mass is 855 g/mol. The van der Waals surface area contributed by atoms with Crippen LogP contribution in [-0.2, 0) is 0 Å². The number of carboxylic acids is 1. The Hall–Kier alpha value is 2.75. The van der Waals surface area contributed by atoms with Gasteiger partial charge in [-0.05, 0) is 59.9 Å². The van der Waals surface area contributed by atoms with Crippen molar-refractivity contribution in [3.05, 3.63) is 65.9 Å². The Morgan fingerprint density at radius 3 is 1.97 bits per heavy atom. The molecular weight excluding hydrogens is 860 g/mol. The van der Waals surface area contributed by atoms with Crippen molar-refractivity contribution in [1.82, 2.24) is 0 Å². The molecule has 35 heavy (non-hydrogen) atoms. The van der Waals surface area contributed by atoms with Crippen molar-refractivity contribution in [2.75, 3.05) is 0 Å². The minimum absolute atomic E-state index is 0. The molecule has 2 aromatic rings. The van der Waals surface area contributed by atoms with Crippen LogP contribution in [0.5, 0.6) is 5.75 Å². The van der Waals surface area contributed by atoms with E-state index in [1.807, 2.05) is 0 Å². The van der Waals surface area contributed by atoms with Gasteiger partial charge in [-0.25, -0.2) is 0 Å². The van der Waals surface area contributed by atoms with E-state index < -0.39 is 22.7 Å². The first kappa shape index (κ1) is 34.0. The summed E-state index contributed by atoms with van der Waals surface area (Å²) in [6.07, 6.45) is 0. The van der Waals surface area contributed by atoms with Crippen LogP contribution in [0.15, 0.2) is 39.2 Å². The summed E-state index contributed by atoms with van der Waals surface area (Å²) in [5.74, 6) is -2.09. The summed E-state index contributed by atoms with van der Waals surface area (Å²) < 4.78 is 6.27. The number of carboxylic acid groups (broad SMARTS) is 1. The van der Waals surface area contributed by atoms with E-state index in [0.29, 0.717) is 0 Å². The molecule has 0 amide bonds. The molecule has 0 aromatic heterocycles. The molecule has 1 aliphatic carbocycles. The molecule has 5 nitrogen and oxygen atoms in total. The van der Waals surface area contributed by atoms with Crippen molar-refractivity contribution in [3.63, 3.8) is 0 Å². The maximum absolute atomic E-state index is 12.5. The van der Waals surface area contributed by atoms with Gasteiger partial charge in [0.05, 0.1) is 35.0 Å². The quantitative estimate of drug-likeness (QED) is 0.133. The predicted molar refractivity (Wildman–Crippen MR) is 139 cm³/mol. The van der Waals surface area contributed by atoms with E-state index in [1.54, 1.807) is 0 Å². The van der Waals surface area contributed by atoms with E-state index in [1.165, 1.54) is 12.1 Å². The number of hydrogen-bond acceptors (Lipinski definition) is 5. The number of aromatic carboxylic acids is 1. The van der Waals surface area contributed by atoms with Crippen molar-refractivity contribution in [3.8, 4) is 28.2 Å². The Balaban J connectivity index is 0.00000216. The molecule has 2 aliphatic rings. The van der Waals surface area contributed by atoms with E-state index in [-0.39, 0.29) is 174 Å². The Morgan fingerprint density at radius 2 is 1.40 bits per heavy atom. The second-order valence-electron chi connectivity index (χ2n) is 6.53. The maximum atomic E-state index is 12.5. The van der Waals surface area contributed by atoms with Crippen molar-refractivity contribution in [2.24, 2.45) is 0 Å². The molecule has 0 unspecified atom stereocenters. The van der Waals surface area contributed by atoms with Crippen LogP contribution >= 0.6 is 110 Å². The van der Waals surface area contributed by atoms with E-state index in [2.05, 4.69) is 63.7 Å². The van der Waals surface area contributed by atoms with Crippen molar-refractivity contribution in [1.29, 1.82) is 0 Å². The number of fused-ring (bicyclic) bond motifs is 2. The van der Waals surface area contributed by atoms with E-state index >= 15 is 0 Å². The van der Waals surface area contributed by atoms with Crippen LogP contribution in [0.1, 0.15) is 10.4 Å². The molecule has 15 heteroatoms. The van der Waals surface area contributed by atoms with Gasteiger partial charge in [-0.1, -0.05) is 68.1 Å². The summed E-state index contributed by atoms with van der Waals surface area (Å²) in [6.45, 7) is 0. The van der Waals surface area contributed by atoms with Crippen molar-refractivity contribution < 1.29 is 122 Å². The van der Waals surface area contributed by atoms with E-state index in [0.717, 1.165) is 0 Å². The van der Waals surface area contributed by atoms with Gasteiger partial charge < -0.3 is 19.4 Å². The number of carbonyl (C=O) groups is 1. The summed E-state index contributed by atoms with van der Waals surface area (Å²) >= 11 is 37.9. The third-order valence-electron chi connectivity index (χ3n) is 4.73. The smallest absolute Gasteiger partial charge is 0.871 e. The van der Waals surface area contributed by atoms with Crippen molar-refractivity contribution in [2.45, 2.75) is 0 Å². The molecule has 0 saturated carbocycles. The van der Waals surface area contributed by atoms with Gasteiger partial charge in [0.25, 0.3) is 0 Å². The molecule has 0 atom stereocenters. The molecule has 2 aromatic carbocycles. The number of carbonyl (C=O) groups excluding carboxylic acids is 1. The third kappa shape index (κ3) is 5.90. The zero-order valence-electron chi connectivity index (χ0n) is 17.2. The summed E-state index contributed by atoms with van der Waals surface area (Å²) in [5.41, 5.74) is -0.643. The zero-order chi connectivity index (χ0) is 24.5. The van der Waals surface area contributed by atoms with Gasteiger partial charge in [-0.3, -0.25) is 4.79 Å². The molecule has 1 heterocycles. The molecule has 1 aliphatic heterocycles. The molecule has 0 saturated heterocycles. The molecular formula is C20H2Br4Cl4K2O5. The van der Waals surface area contributed by atoms with Gasteiger partial charge in [0.15, 0.2) is 5.76 Å². The van der Waals surface area contributed by atoms with Gasteiger partial charge in [-0.15, -0.1) is 0 Å². The fourth-order valence-corrected chi connectivity index (χ4v) is 6.74. The van der Waals surface area contributed by atoms with Crippen LogP contribution in [0.3, 0.4) is 0 Å². The van der Waals surface area contributed by atoms with Crippen LogP contribution in [0.2, 0.25) is 20.1 Å². The molecule has 0 bridgehead atoms. The summed E-state index contributed by atoms with van der Waals surface area (Å²) in [7, 11) is 0. The average Bonchev–Trinajstić information content (AvgIpc) is 2.76. The van der Waals surface area contributed by atoms with Gasteiger partial charge >= 0.3 is 103 Å². The topological polar surface area (TPSA) is 93.4 Å². The fourth-order valence-electron chi connectivity index (χ4n) is 3.31. The number of benzene rings is 3. The first-order chi connectivity index (χ1) is 15.4. The maximum Gasteiger partial charge on any atom is 1.00 e. The van der Waals surface area contributed by atoms with Crippen LogP contribution in [0.4, 0.5) is 0 Å². The van der Waals surface area contributed by atoms with Gasteiger partial charge in [0.1, 0.15) is 10.1 Å². The standard InChI is InChI=1S/C20H4Br4Cl4O5.2K/c21-5-1-3-7(8-9(20(31)32)13(26)15(28)14(27)12(8)25)4-2-6(22)17(30)11(24)19(4)33-18(3)10(23)16(5)29;;/h1-2,29H,(H,31,32);;/q;2*+1/p-2. The minimum Gasteiger partial charge on any atom is -0.871 e. The normalized spacial score (nSPS) is 10.9. The summed E-state index contributed by atoms with van der Waals surface area (Å²) in [6, 6.07) is 2.86. The molecule has 170 valence electrons. The SMILES string of the molecule is O=C([O-])c1c(Cl)c(Cl)c(Cl)c(Cl)c1-c1c2cc(Br)c(=O)c(Br)c-2oc2c(Br)c([O-])c(Br)cc12.[K+].[K+]. The Kier molecular flexibility index (Phi) is 12.8. The zero-order valence-corrected chi connectivity index (χ0v) is 32.8. The number of rotatable bonds is 2. The second-order valence-corrected chi connectivity index (χ2v) is 11.3. The Labute approximate surface area is 336 Å². The van der Waals surface area contributed by atoms with E-state index in [4.69, 9.17) is 50.8 Å². The Bertz CT molecular complexity index is 1580. The fraction of sp³-hybridized carbons (Fsp3) is 0. The Morgan fingerprint density at radius 1 is 0.829 bits per heavy atom. The molecule has 0 spiro atoms. The first-order valence-corrected chi connectivity index (χ1v) is 13.1. The van der Waals surface area contributed by atoms with Crippen LogP contribution < -0.4 is 118 Å². The largest absolute Gasteiger partial charge is 1.00 e. The van der Waals surface area contributed by atoms with E-state index in [9.17, 15) is 19.8 Å². The minimum atomic E-state index is -1.67. The van der Waals surface area contributed by atoms with Crippen LogP contribution in [-0.4, -0.2) is 5.97 Å². The molecule has 0 fully saturated rings. The van der Waals surface area contributed by atoms with Crippen LogP contribution in [0.25, 0.3) is 33.4 Å². The van der Waals surface area contributed by atoms with Gasteiger partial charge in [-0.2, -0.15) is 0 Å². The van der Waals surface area contributed by atoms with Crippen molar-refractivity contribution >= 4 is 127 Å².